The van der Waals surface area contributed by atoms with E-state index in [9.17, 15) is 0 Å². The average molecular weight is 301 g/mol. The van der Waals surface area contributed by atoms with Gasteiger partial charge in [0, 0.05) is 33.5 Å². The maximum Gasteiger partial charge on any atom is 0.0457 e. The predicted octanol–water partition coefficient (Wildman–Crippen LogP) is 4.11. The molecule has 2 aromatic heterocycles. The molecule has 0 aliphatic heterocycles. The number of benzene rings is 1. The maximum absolute atomic E-state index is 4.36. The van der Waals surface area contributed by atoms with Crippen LogP contribution < -0.4 is 0 Å². The highest BCUT2D eigenvalue weighted by atomic mass is 79.9. The summed E-state index contributed by atoms with van der Waals surface area (Å²) in [4.78, 5) is 7.67. The van der Waals surface area contributed by atoms with Crippen molar-refractivity contribution in [3.63, 3.8) is 0 Å². The van der Waals surface area contributed by atoms with E-state index < -0.39 is 0 Å². The summed E-state index contributed by atoms with van der Waals surface area (Å²) in [7, 11) is 0. The van der Waals surface area contributed by atoms with Gasteiger partial charge in [-0.25, -0.2) is 0 Å². The second kappa shape index (κ2) is 4.94. The summed E-state index contributed by atoms with van der Waals surface area (Å²) < 4.78 is 1.12. The molecule has 0 amide bonds. The Morgan fingerprint density at radius 3 is 2.89 bits per heavy atom. The molecule has 3 rings (SSSR count). The van der Waals surface area contributed by atoms with Crippen LogP contribution in [-0.2, 0) is 12.8 Å². The van der Waals surface area contributed by atoms with Gasteiger partial charge in [0.2, 0.25) is 0 Å². The molecule has 0 saturated heterocycles. The largest absolute Gasteiger partial charge is 0.361 e. The van der Waals surface area contributed by atoms with E-state index in [1.165, 1.54) is 16.5 Å². The number of halogens is 1. The van der Waals surface area contributed by atoms with Gasteiger partial charge in [-0.2, -0.15) is 0 Å². The fourth-order valence-corrected chi connectivity index (χ4v) is 2.53. The van der Waals surface area contributed by atoms with Crippen LogP contribution in [0.3, 0.4) is 0 Å². The van der Waals surface area contributed by atoms with Crippen LogP contribution in [0.2, 0.25) is 0 Å². The smallest absolute Gasteiger partial charge is 0.0457 e. The molecule has 0 fully saturated rings. The normalized spacial score (nSPS) is 10.9. The molecule has 0 spiro atoms. The zero-order valence-electron chi connectivity index (χ0n) is 9.86. The van der Waals surface area contributed by atoms with E-state index in [1.807, 2.05) is 18.3 Å². The Bertz CT molecular complexity index is 659. The monoisotopic (exact) mass is 300 g/mol. The first-order chi connectivity index (χ1) is 8.83. The molecular formula is C15H13BrN2. The van der Waals surface area contributed by atoms with Crippen molar-refractivity contribution in [1.29, 1.82) is 0 Å². The van der Waals surface area contributed by atoms with E-state index in [0.717, 1.165) is 23.0 Å². The molecule has 90 valence electrons. The van der Waals surface area contributed by atoms with Crippen molar-refractivity contribution < 1.29 is 0 Å². The highest BCUT2D eigenvalue weighted by Crippen LogP contribution is 2.23. The predicted molar refractivity (Wildman–Crippen MR) is 77.6 cm³/mol. The highest BCUT2D eigenvalue weighted by molar-refractivity contribution is 9.10. The van der Waals surface area contributed by atoms with Gasteiger partial charge in [-0.3, -0.25) is 4.98 Å². The molecule has 0 unspecified atom stereocenters. The molecule has 18 heavy (non-hydrogen) atoms. The maximum atomic E-state index is 4.36. The summed E-state index contributed by atoms with van der Waals surface area (Å²) >= 11 is 3.52. The average Bonchev–Trinajstić information content (AvgIpc) is 2.80. The van der Waals surface area contributed by atoms with Gasteiger partial charge in [0.05, 0.1) is 0 Å². The van der Waals surface area contributed by atoms with Crippen LogP contribution in [0.4, 0.5) is 0 Å². The number of hydrogen-bond donors (Lipinski definition) is 1. The first kappa shape index (κ1) is 11.5. The number of hydrogen-bond acceptors (Lipinski definition) is 1. The Morgan fingerprint density at radius 2 is 2.06 bits per heavy atom. The van der Waals surface area contributed by atoms with Crippen LogP contribution in [-0.4, -0.2) is 9.97 Å². The van der Waals surface area contributed by atoms with E-state index in [4.69, 9.17) is 0 Å². The third-order valence-corrected chi connectivity index (χ3v) is 3.60. The molecule has 3 aromatic rings. The zero-order chi connectivity index (χ0) is 12.4. The fraction of sp³-hybridized carbons (Fsp3) is 0.133. The van der Waals surface area contributed by atoms with Crippen LogP contribution in [0.15, 0.2) is 53.3 Å². The summed E-state index contributed by atoms with van der Waals surface area (Å²) in [6, 6.07) is 12.4. The Balaban J connectivity index is 1.85. The molecule has 0 saturated carbocycles. The first-order valence-corrected chi connectivity index (χ1v) is 6.77. The summed E-state index contributed by atoms with van der Waals surface area (Å²) in [6.07, 6.45) is 5.93. The topological polar surface area (TPSA) is 28.7 Å². The molecule has 0 aliphatic carbocycles. The van der Waals surface area contributed by atoms with Gasteiger partial charge in [0.15, 0.2) is 0 Å². The van der Waals surface area contributed by atoms with Crippen molar-refractivity contribution in [3.8, 4) is 0 Å². The highest BCUT2D eigenvalue weighted by Gasteiger charge is 2.04. The molecule has 1 N–H and O–H groups in total. The van der Waals surface area contributed by atoms with Crippen molar-refractivity contribution in [2.24, 2.45) is 0 Å². The van der Waals surface area contributed by atoms with Gasteiger partial charge in [-0.05, 0) is 48.7 Å². The lowest BCUT2D eigenvalue weighted by atomic mass is 10.1. The summed E-state index contributed by atoms with van der Waals surface area (Å²) in [5, 5.41) is 1.29. The third kappa shape index (κ3) is 2.31. The molecule has 3 heteroatoms. The van der Waals surface area contributed by atoms with Crippen LogP contribution in [0.25, 0.3) is 10.9 Å². The van der Waals surface area contributed by atoms with E-state index >= 15 is 0 Å². The third-order valence-electron chi connectivity index (χ3n) is 3.11. The van der Waals surface area contributed by atoms with E-state index in [1.54, 1.807) is 0 Å². The summed E-state index contributed by atoms with van der Waals surface area (Å²) in [5.41, 5.74) is 3.67. The van der Waals surface area contributed by atoms with Crippen LogP contribution in [0.1, 0.15) is 11.3 Å². The lowest BCUT2D eigenvalue weighted by Crippen LogP contribution is -1.92. The minimum Gasteiger partial charge on any atom is -0.361 e. The number of aromatic nitrogens is 2. The SMILES string of the molecule is Brc1ccc2[nH]cc(CCc3ccccn3)c2c1. The molecule has 2 heterocycles. The number of aryl methyl sites for hydroxylation is 2. The van der Waals surface area contributed by atoms with E-state index in [0.29, 0.717) is 0 Å². The van der Waals surface area contributed by atoms with Crippen LogP contribution in [0, 0.1) is 0 Å². The standard InChI is InChI=1S/C15H13BrN2/c16-12-5-7-15-14(9-12)11(10-18-15)4-6-13-3-1-2-8-17-13/h1-3,5,7-10,18H,4,6H2. The minimum absolute atomic E-state index is 0.973. The molecule has 2 nitrogen and oxygen atoms in total. The molecule has 0 aliphatic rings. The molecule has 0 atom stereocenters. The fourth-order valence-electron chi connectivity index (χ4n) is 2.17. The van der Waals surface area contributed by atoms with Crippen molar-refractivity contribution in [2.75, 3.05) is 0 Å². The number of pyridine rings is 1. The molecule has 0 radical (unpaired) electrons. The van der Waals surface area contributed by atoms with Gasteiger partial charge in [0.25, 0.3) is 0 Å². The quantitative estimate of drug-likeness (QED) is 0.775. The number of fused-ring (bicyclic) bond motifs is 1. The number of rotatable bonds is 3. The summed E-state index contributed by atoms with van der Waals surface area (Å²) in [6.45, 7) is 0. The Hall–Kier alpha value is -1.61. The van der Waals surface area contributed by atoms with Gasteiger partial charge < -0.3 is 4.98 Å². The van der Waals surface area contributed by atoms with Crippen molar-refractivity contribution in [3.05, 3.63) is 64.5 Å². The van der Waals surface area contributed by atoms with Gasteiger partial charge in [-0.15, -0.1) is 0 Å². The summed E-state index contributed by atoms with van der Waals surface area (Å²) in [5.74, 6) is 0. The van der Waals surface area contributed by atoms with Gasteiger partial charge in [0.1, 0.15) is 0 Å². The van der Waals surface area contributed by atoms with Crippen molar-refractivity contribution in [2.45, 2.75) is 12.8 Å². The number of aromatic amines is 1. The molecule has 0 bridgehead atoms. The van der Waals surface area contributed by atoms with Crippen LogP contribution in [0.5, 0.6) is 0 Å². The van der Waals surface area contributed by atoms with Gasteiger partial charge >= 0.3 is 0 Å². The zero-order valence-corrected chi connectivity index (χ0v) is 11.4. The first-order valence-electron chi connectivity index (χ1n) is 5.98. The number of nitrogens with zero attached hydrogens (tertiary/aromatic N) is 1. The molecular weight excluding hydrogens is 288 g/mol. The lowest BCUT2D eigenvalue weighted by Gasteiger charge is -2.00. The second-order valence-electron chi connectivity index (χ2n) is 4.32. The Labute approximate surface area is 114 Å². The molecule has 1 aromatic carbocycles. The van der Waals surface area contributed by atoms with E-state index in [2.05, 4.69) is 56.4 Å². The van der Waals surface area contributed by atoms with Gasteiger partial charge in [-0.1, -0.05) is 22.0 Å². The lowest BCUT2D eigenvalue weighted by molar-refractivity contribution is 0.919. The van der Waals surface area contributed by atoms with E-state index in [-0.39, 0.29) is 0 Å². The van der Waals surface area contributed by atoms with Crippen LogP contribution >= 0.6 is 15.9 Å². The minimum atomic E-state index is 0.973. The number of H-pyrrole nitrogens is 1. The Kier molecular flexibility index (Phi) is 3.15. The number of nitrogens with one attached hydrogen (secondary N) is 1. The second-order valence-corrected chi connectivity index (χ2v) is 5.24. The van der Waals surface area contributed by atoms with Crippen molar-refractivity contribution >= 4 is 26.8 Å². The Morgan fingerprint density at radius 1 is 1.11 bits per heavy atom. The van der Waals surface area contributed by atoms with Crippen molar-refractivity contribution in [1.82, 2.24) is 9.97 Å².